The van der Waals surface area contributed by atoms with Gasteiger partial charge in [0.1, 0.15) is 0 Å². The van der Waals surface area contributed by atoms with Gasteiger partial charge >= 0.3 is 0 Å². The molecule has 0 radical (unpaired) electrons. The number of hydrogen-bond donors (Lipinski definition) is 2. The van der Waals surface area contributed by atoms with Crippen LogP contribution in [0.4, 0.5) is 11.4 Å². The van der Waals surface area contributed by atoms with Gasteiger partial charge in [0.25, 0.3) is 0 Å². The van der Waals surface area contributed by atoms with Crippen LogP contribution in [0.2, 0.25) is 0 Å². The number of nitrogen functional groups attached to an aromatic ring is 1. The molecule has 1 aromatic carbocycles. The van der Waals surface area contributed by atoms with E-state index in [0.717, 1.165) is 17.9 Å². The van der Waals surface area contributed by atoms with Gasteiger partial charge in [0.05, 0.1) is 0 Å². The first-order valence-corrected chi connectivity index (χ1v) is 6.22. The Hall–Kier alpha value is -1.48. The molecule has 0 aliphatic carbocycles. The molecule has 0 unspecified atom stereocenters. The van der Waals surface area contributed by atoms with Gasteiger partial charge in [0, 0.05) is 17.9 Å². The zero-order chi connectivity index (χ0) is 11.5. The highest BCUT2D eigenvalue weighted by atomic mass is 32.1. The Labute approximate surface area is 100 Å². The summed E-state index contributed by atoms with van der Waals surface area (Å²) in [7, 11) is 0. The number of nitrogens with one attached hydrogen (secondary N) is 1. The third-order valence-corrected chi connectivity index (χ3v) is 3.45. The number of aryl methyl sites for hydroxylation is 2. The second-order valence-electron chi connectivity index (χ2n) is 4.07. The molecule has 2 aromatic rings. The van der Waals surface area contributed by atoms with Gasteiger partial charge in [-0.2, -0.15) is 11.3 Å². The van der Waals surface area contributed by atoms with Crippen LogP contribution in [0.25, 0.3) is 0 Å². The van der Waals surface area contributed by atoms with E-state index >= 15 is 0 Å². The van der Waals surface area contributed by atoms with Crippen molar-refractivity contribution in [1.29, 1.82) is 0 Å². The third kappa shape index (κ3) is 2.55. The Kier molecular flexibility index (Phi) is 3.15. The van der Waals surface area contributed by atoms with E-state index in [4.69, 9.17) is 5.73 Å². The summed E-state index contributed by atoms with van der Waals surface area (Å²) in [6.07, 6.45) is 0. The van der Waals surface area contributed by atoms with Gasteiger partial charge in [-0.25, -0.2) is 0 Å². The van der Waals surface area contributed by atoms with Crippen LogP contribution in [0, 0.1) is 13.8 Å². The lowest BCUT2D eigenvalue weighted by atomic mass is 10.2. The normalized spacial score (nSPS) is 10.4. The Morgan fingerprint density at radius 1 is 1.19 bits per heavy atom. The van der Waals surface area contributed by atoms with E-state index in [-0.39, 0.29) is 0 Å². The molecular formula is C13H16N2S. The van der Waals surface area contributed by atoms with Crippen molar-refractivity contribution >= 4 is 22.7 Å². The van der Waals surface area contributed by atoms with E-state index in [9.17, 15) is 0 Å². The zero-order valence-corrected chi connectivity index (χ0v) is 10.4. The summed E-state index contributed by atoms with van der Waals surface area (Å²) in [6.45, 7) is 5.05. The molecular weight excluding hydrogens is 216 g/mol. The van der Waals surface area contributed by atoms with Crippen LogP contribution in [0.15, 0.2) is 29.0 Å². The van der Waals surface area contributed by atoms with Crippen LogP contribution < -0.4 is 11.1 Å². The number of hydrogen-bond acceptors (Lipinski definition) is 3. The van der Waals surface area contributed by atoms with E-state index in [1.807, 2.05) is 12.1 Å². The molecule has 1 aromatic heterocycles. The summed E-state index contributed by atoms with van der Waals surface area (Å²) < 4.78 is 0. The number of rotatable bonds is 3. The van der Waals surface area contributed by atoms with Crippen molar-refractivity contribution in [3.63, 3.8) is 0 Å². The fourth-order valence-electron chi connectivity index (χ4n) is 1.68. The summed E-state index contributed by atoms with van der Waals surface area (Å²) in [5, 5.41) is 7.75. The minimum atomic E-state index is 0.810. The van der Waals surface area contributed by atoms with Crippen molar-refractivity contribution in [2.24, 2.45) is 0 Å². The van der Waals surface area contributed by atoms with Gasteiger partial charge in [-0.05, 0) is 59.5 Å². The summed E-state index contributed by atoms with van der Waals surface area (Å²) in [6, 6.07) is 6.05. The van der Waals surface area contributed by atoms with Crippen LogP contribution in [0.1, 0.15) is 16.7 Å². The Morgan fingerprint density at radius 2 is 2.00 bits per heavy atom. The first-order valence-electron chi connectivity index (χ1n) is 5.28. The van der Waals surface area contributed by atoms with Crippen molar-refractivity contribution in [3.05, 3.63) is 45.6 Å². The molecule has 0 aliphatic heterocycles. The molecule has 0 aliphatic rings. The van der Waals surface area contributed by atoms with Crippen molar-refractivity contribution in [1.82, 2.24) is 0 Å². The van der Waals surface area contributed by atoms with Crippen LogP contribution in [0.5, 0.6) is 0 Å². The number of anilines is 2. The van der Waals surface area contributed by atoms with Crippen molar-refractivity contribution in [2.45, 2.75) is 20.4 Å². The van der Waals surface area contributed by atoms with Crippen LogP contribution in [-0.2, 0) is 6.54 Å². The maximum atomic E-state index is 5.80. The highest BCUT2D eigenvalue weighted by molar-refractivity contribution is 7.08. The molecule has 0 spiro atoms. The average molecular weight is 232 g/mol. The third-order valence-electron chi connectivity index (χ3n) is 2.54. The smallest absolute Gasteiger partial charge is 0.0411 e. The van der Waals surface area contributed by atoms with Crippen LogP contribution in [0.3, 0.4) is 0 Å². The molecule has 3 N–H and O–H groups in total. The Balaban J connectivity index is 2.07. The lowest BCUT2D eigenvalue weighted by Crippen LogP contribution is -2.00. The second kappa shape index (κ2) is 4.58. The minimum Gasteiger partial charge on any atom is -0.399 e. The minimum absolute atomic E-state index is 0.810. The number of thiophene rings is 1. The molecule has 1 heterocycles. The van der Waals surface area contributed by atoms with E-state index in [0.29, 0.717) is 0 Å². The van der Waals surface area contributed by atoms with E-state index in [1.165, 1.54) is 16.7 Å². The largest absolute Gasteiger partial charge is 0.399 e. The highest BCUT2D eigenvalue weighted by Crippen LogP contribution is 2.19. The van der Waals surface area contributed by atoms with E-state index < -0.39 is 0 Å². The average Bonchev–Trinajstić information content (AvgIpc) is 2.59. The number of benzene rings is 1. The summed E-state index contributed by atoms with van der Waals surface area (Å²) >= 11 is 1.74. The molecule has 0 bridgehead atoms. The van der Waals surface area contributed by atoms with E-state index in [1.54, 1.807) is 11.3 Å². The van der Waals surface area contributed by atoms with Gasteiger partial charge in [-0.3, -0.25) is 0 Å². The topological polar surface area (TPSA) is 38.0 Å². The summed E-state index contributed by atoms with van der Waals surface area (Å²) in [5.41, 5.74) is 11.6. The molecule has 84 valence electrons. The highest BCUT2D eigenvalue weighted by Gasteiger charge is 2.00. The first kappa shape index (κ1) is 11.0. The fourth-order valence-corrected chi connectivity index (χ4v) is 2.54. The maximum absolute atomic E-state index is 5.80. The Bertz CT molecular complexity index is 468. The SMILES string of the molecule is Cc1cc(N)cc(NCc2cscc2C)c1. The fraction of sp³-hybridized carbons (Fsp3) is 0.231. The first-order chi connectivity index (χ1) is 7.65. The predicted molar refractivity (Wildman–Crippen MR) is 72.0 cm³/mol. The molecule has 2 rings (SSSR count). The summed E-state index contributed by atoms with van der Waals surface area (Å²) in [4.78, 5) is 0. The van der Waals surface area contributed by atoms with Crippen molar-refractivity contribution in [2.75, 3.05) is 11.1 Å². The molecule has 0 atom stereocenters. The monoisotopic (exact) mass is 232 g/mol. The van der Waals surface area contributed by atoms with Crippen molar-refractivity contribution in [3.8, 4) is 0 Å². The summed E-state index contributed by atoms with van der Waals surface area (Å²) in [5.74, 6) is 0. The maximum Gasteiger partial charge on any atom is 0.0411 e. The van der Waals surface area contributed by atoms with E-state index in [2.05, 4.69) is 36.0 Å². The van der Waals surface area contributed by atoms with Gasteiger partial charge in [-0.1, -0.05) is 0 Å². The molecule has 2 nitrogen and oxygen atoms in total. The lowest BCUT2D eigenvalue weighted by molar-refractivity contribution is 1.14. The predicted octanol–water partition coefficient (Wildman–Crippen LogP) is 3.56. The number of nitrogens with two attached hydrogens (primary N) is 1. The van der Waals surface area contributed by atoms with Gasteiger partial charge in [0.2, 0.25) is 0 Å². The lowest BCUT2D eigenvalue weighted by Gasteiger charge is -2.08. The Morgan fingerprint density at radius 3 is 2.62 bits per heavy atom. The van der Waals surface area contributed by atoms with Crippen molar-refractivity contribution < 1.29 is 0 Å². The zero-order valence-electron chi connectivity index (χ0n) is 9.58. The quantitative estimate of drug-likeness (QED) is 0.794. The second-order valence-corrected chi connectivity index (χ2v) is 4.81. The molecule has 0 saturated heterocycles. The van der Waals surface area contributed by atoms with Gasteiger partial charge < -0.3 is 11.1 Å². The molecule has 0 saturated carbocycles. The molecule has 0 amide bonds. The molecule has 3 heteroatoms. The standard InChI is InChI=1S/C13H16N2S/c1-9-3-12(14)5-13(4-9)15-6-11-8-16-7-10(11)2/h3-5,7-8,15H,6,14H2,1-2H3. The van der Waals surface area contributed by atoms with Gasteiger partial charge in [0.15, 0.2) is 0 Å². The van der Waals surface area contributed by atoms with Crippen LogP contribution >= 0.6 is 11.3 Å². The van der Waals surface area contributed by atoms with Gasteiger partial charge in [-0.15, -0.1) is 0 Å². The van der Waals surface area contributed by atoms with Crippen LogP contribution in [-0.4, -0.2) is 0 Å². The molecule has 0 fully saturated rings. The molecule has 16 heavy (non-hydrogen) atoms.